The van der Waals surface area contributed by atoms with E-state index in [2.05, 4.69) is 6.92 Å². The van der Waals surface area contributed by atoms with E-state index in [9.17, 15) is 10.2 Å². The number of benzene rings is 1. The number of aromatic hydroxyl groups is 2. The Hall–Kier alpha value is -1.22. The lowest BCUT2D eigenvalue weighted by molar-refractivity contribution is 0.0897. The smallest absolute Gasteiger partial charge is 0.119 e. The molecule has 3 heteroatoms. The average Bonchev–Trinajstić information content (AvgIpc) is 2.52. The van der Waals surface area contributed by atoms with Gasteiger partial charge in [-0.1, -0.05) is 51.9 Å². The molecule has 0 aliphatic heterocycles. The molecule has 1 aromatic rings. The van der Waals surface area contributed by atoms with Crippen LogP contribution in [0.2, 0.25) is 0 Å². The van der Waals surface area contributed by atoms with Crippen LogP contribution in [-0.2, 0) is 11.2 Å². The molecule has 3 nitrogen and oxygen atoms in total. The highest BCUT2D eigenvalue weighted by atomic mass is 16.5. The number of phenols is 2. The van der Waals surface area contributed by atoms with Crippen LogP contribution in [-0.4, -0.2) is 23.4 Å². The Bertz CT molecular complexity index is 393. The predicted molar refractivity (Wildman–Crippen MR) is 96.1 cm³/mol. The molecule has 0 heterocycles. The molecule has 1 atom stereocenters. The van der Waals surface area contributed by atoms with Gasteiger partial charge in [0.15, 0.2) is 0 Å². The lowest BCUT2D eigenvalue weighted by Crippen LogP contribution is -2.08. The maximum absolute atomic E-state index is 9.44. The van der Waals surface area contributed by atoms with Crippen molar-refractivity contribution in [3.05, 3.63) is 23.8 Å². The molecule has 0 aliphatic rings. The van der Waals surface area contributed by atoms with E-state index in [-0.39, 0.29) is 11.5 Å². The summed E-state index contributed by atoms with van der Waals surface area (Å²) in [5, 5.41) is 18.9. The number of methoxy groups -OCH3 is 1. The zero-order chi connectivity index (χ0) is 16.9. The van der Waals surface area contributed by atoms with Gasteiger partial charge in [-0.2, -0.15) is 0 Å². The molecule has 0 bridgehead atoms. The maximum Gasteiger partial charge on any atom is 0.119 e. The number of rotatable bonds is 13. The van der Waals surface area contributed by atoms with Crippen molar-refractivity contribution in [2.75, 3.05) is 7.11 Å². The van der Waals surface area contributed by atoms with Gasteiger partial charge < -0.3 is 14.9 Å². The van der Waals surface area contributed by atoms with Crippen LogP contribution >= 0.6 is 0 Å². The molecule has 0 radical (unpaired) electrons. The van der Waals surface area contributed by atoms with Gasteiger partial charge in [0.1, 0.15) is 11.5 Å². The third-order valence-electron chi connectivity index (χ3n) is 4.49. The van der Waals surface area contributed by atoms with E-state index in [1.165, 1.54) is 57.4 Å². The van der Waals surface area contributed by atoms with Crippen molar-refractivity contribution in [2.24, 2.45) is 0 Å². The van der Waals surface area contributed by atoms with Crippen molar-refractivity contribution < 1.29 is 14.9 Å². The lowest BCUT2D eigenvalue weighted by Gasteiger charge is -2.12. The molecule has 1 rings (SSSR count). The van der Waals surface area contributed by atoms with Gasteiger partial charge in [-0.15, -0.1) is 0 Å². The number of hydrogen-bond donors (Lipinski definition) is 2. The molecular formula is C20H34O3. The Labute approximate surface area is 141 Å². The van der Waals surface area contributed by atoms with E-state index in [4.69, 9.17) is 4.74 Å². The van der Waals surface area contributed by atoms with Crippen LogP contribution in [0.3, 0.4) is 0 Å². The number of hydrogen-bond acceptors (Lipinski definition) is 3. The standard InChI is InChI=1S/C20H34O3/c1-3-20(23-2)13-11-9-7-5-4-6-8-10-12-17-14-18(21)16-19(22)15-17/h14-16,20-22H,3-13H2,1-2H3. The highest BCUT2D eigenvalue weighted by Gasteiger charge is 2.03. The normalized spacial score (nSPS) is 12.4. The van der Waals surface area contributed by atoms with Crippen molar-refractivity contribution in [1.29, 1.82) is 0 Å². The zero-order valence-corrected chi connectivity index (χ0v) is 14.9. The molecule has 23 heavy (non-hydrogen) atoms. The van der Waals surface area contributed by atoms with Crippen molar-refractivity contribution in [1.82, 2.24) is 0 Å². The second kappa shape index (κ2) is 12.2. The topological polar surface area (TPSA) is 49.7 Å². The van der Waals surface area contributed by atoms with Gasteiger partial charge in [-0.3, -0.25) is 0 Å². The maximum atomic E-state index is 9.44. The van der Waals surface area contributed by atoms with Gasteiger partial charge in [-0.25, -0.2) is 0 Å². The third kappa shape index (κ3) is 9.50. The molecule has 1 aromatic carbocycles. The monoisotopic (exact) mass is 322 g/mol. The minimum absolute atomic E-state index is 0.152. The third-order valence-corrected chi connectivity index (χ3v) is 4.49. The second-order valence-corrected chi connectivity index (χ2v) is 6.49. The van der Waals surface area contributed by atoms with Gasteiger partial charge in [0.25, 0.3) is 0 Å². The fourth-order valence-electron chi connectivity index (χ4n) is 3.05. The molecule has 2 N–H and O–H groups in total. The minimum atomic E-state index is 0.152. The summed E-state index contributed by atoms with van der Waals surface area (Å²) in [7, 11) is 1.81. The van der Waals surface area contributed by atoms with Crippen molar-refractivity contribution in [3.63, 3.8) is 0 Å². The van der Waals surface area contributed by atoms with Gasteiger partial charge in [-0.05, 0) is 43.4 Å². The average molecular weight is 322 g/mol. The van der Waals surface area contributed by atoms with E-state index in [1.807, 2.05) is 7.11 Å². The van der Waals surface area contributed by atoms with E-state index >= 15 is 0 Å². The number of ether oxygens (including phenoxy) is 1. The van der Waals surface area contributed by atoms with Gasteiger partial charge in [0, 0.05) is 13.2 Å². The first kappa shape index (κ1) is 19.8. The summed E-state index contributed by atoms with van der Waals surface area (Å²) in [5.41, 5.74) is 1.02. The molecule has 0 spiro atoms. The summed E-state index contributed by atoms with van der Waals surface area (Å²) in [5.74, 6) is 0.303. The quantitative estimate of drug-likeness (QED) is 0.466. The summed E-state index contributed by atoms with van der Waals surface area (Å²) in [6.07, 6.45) is 13.9. The minimum Gasteiger partial charge on any atom is -0.508 e. The first-order valence-corrected chi connectivity index (χ1v) is 9.20. The van der Waals surface area contributed by atoms with E-state index < -0.39 is 0 Å². The molecule has 0 amide bonds. The first-order chi connectivity index (χ1) is 11.2. The Kier molecular flexibility index (Phi) is 10.5. The SMILES string of the molecule is CCC(CCCCCCCCCCc1cc(O)cc(O)c1)OC. The summed E-state index contributed by atoms with van der Waals surface area (Å²) in [6.45, 7) is 2.19. The van der Waals surface area contributed by atoms with E-state index in [0.29, 0.717) is 6.10 Å². The van der Waals surface area contributed by atoms with E-state index in [1.54, 1.807) is 12.1 Å². The predicted octanol–water partition coefficient (Wildman–Crippen LogP) is 5.58. The van der Waals surface area contributed by atoms with Crippen molar-refractivity contribution >= 4 is 0 Å². The van der Waals surface area contributed by atoms with Crippen LogP contribution in [0.25, 0.3) is 0 Å². The molecule has 132 valence electrons. The van der Waals surface area contributed by atoms with Crippen LogP contribution in [0.1, 0.15) is 76.7 Å². The van der Waals surface area contributed by atoms with Crippen LogP contribution in [0.15, 0.2) is 18.2 Å². The van der Waals surface area contributed by atoms with Crippen LogP contribution in [0.5, 0.6) is 11.5 Å². The zero-order valence-electron chi connectivity index (χ0n) is 14.9. The fourth-order valence-corrected chi connectivity index (χ4v) is 3.05. The Balaban J connectivity index is 1.93. The van der Waals surface area contributed by atoms with Crippen LogP contribution in [0, 0.1) is 0 Å². The van der Waals surface area contributed by atoms with Crippen LogP contribution < -0.4 is 0 Å². The van der Waals surface area contributed by atoms with Crippen molar-refractivity contribution in [3.8, 4) is 11.5 Å². The molecule has 0 saturated heterocycles. The highest BCUT2D eigenvalue weighted by Crippen LogP contribution is 2.22. The van der Waals surface area contributed by atoms with Gasteiger partial charge in [0.05, 0.1) is 6.10 Å². The number of unbranched alkanes of at least 4 members (excludes halogenated alkanes) is 7. The second-order valence-electron chi connectivity index (χ2n) is 6.49. The summed E-state index contributed by atoms with van der Waals surface area (Å²) >= 11 is 0. The summed E-state index contributed by atoms with van der Waals surface area (Å²) in [4.78, 5) is 0. The number of aryl methyl sites for hydroxylation is 1. The van der Waals surface area contributed by atoms with E-state index in [0.717, 1.165) is 24.8 Å². The molecule has 0 aliphatic carbocycles. The van der Waals surface area contributed by atoms with Crippen molar-refractivity contribution in [2.45, 2.75) is 83.7 Å². The Morgan fingerprint density at radius 1 is 0.826 bits per heavy atom. The van der Waals surface area contributed by atoms with Crippen LogP contribution in [0.4, 0.5) is 0 Å². The highest BCUT2D eigenvalue weighted by molar-refractivity contribution is 5.36. The summed E-state index contributed by atoms with van der Waals surface area (Å²) < 4.78 is 5.39. The van der Waals surface area contributed by atoms with Gasteiger partial charge in [0.2, 0.25) is 0 Å². The largest absolute Gasteiger partial charge is 0.508 e. The summed E-state index contributed by atoms with van der Waals surface area (Å²) in [6, 6.07) is 4.85. The molecule has 0 saturated carbocycles. The fraction of sp³-hybridized carbons (Fsp3) is 0.700. The Morgan fingerprint density at radius 2 is 1.35 bits per heavy atom. The Morgan fingerprint density at radius 3 is 1.87 bits per heavy atom. The van der Waals surface area contributed by atoms with Gasteiger partial charge >= 0.3 is 0 Å². The molecule has 0 aromatic heterocycles. The number of phenolic OH excluding ortho intramolecular Hbond substituents is 2. The molecular weight excluding hydrogens is 288 g/mol. The first-order valence-electron chi connectivity index (χ1n) is 9.20. The molecule has 1 unspecified atom stereocenters. The molecule has 0 fully saturated rings. The lowest BCUT2D eigenvalue weighted by atomic mass is 10.0.